The number of hydrogen-bond acceptors (Lipinski definition) is 1. The maximum absolute atomic E-state index is 12.8. The minimum absolute atomic E-state index is 0.266. The first-order valence-corrected chi connectivity index (χ1v) is 5.85. The molecule has 1 unspecified atom stereocenters. The third-order valence-electron chi connectivity index (χ3n) is 2.26. The number of furan rings is 1. The van der Waals surface area contributed by atoms with Crippen molar-refractivity contribution in [2.24, 2.45) is 0 Å². The van der Waals surface area contributed by atoms with Gasteiger partial charge in [0.2, 0.25) is 0 Å². The molecule has 1 heterocycles. The first kappa shape index (κ1) is 15.4. The van der Waals surface area contributed by atoms with Gasteiger partial charge in [-0.1, -0.05) is 22.9 Å². The fourth-order valence-corrected chi connectivity index (χ4v) is 1.93. The Morgan fingerprint density at radius 2 is 1.50 bits per heavy atom. The molecule has 0 amide bonds. The lowest BCUT2D eigenvalue weighted by molar-refractivity contribution is -0.162. The van der Waals surface area contributed by atoms with Crippen molar-refractivity contribution in [1.29, 1.82) is 0 Å². The van der Waals surface area contributed by atoms with E-state index in [0.717, 1.165) is 0 Å². The number of hydrogen-bond donors (Lipinski definition) is 0. The minimum atomic E-state index is -5.11. The fourth-order valence-electron chi connectivity index (χ4n) is 1.61. The third-order valence-corrected chi connectivity index (χ3v) is 2.67. The summed E-state index contributed by atoms with van der Waals surface area (Å²) in [6.45, 7) is 2.57. The summed E-state index contributed by atoms with van der Waals surface area (Å²) in [7, 11) is 0. The summed E-state index contributed by atoms with van der Waals surface area (Å²) < 4.78 is 81.2. The normalized spacial score (nSPS) is 14.9. The Morgan fingerprint density at radius 1 is 1.06 bits per heavy atom. The Kier molecular flexibility index (Phi) is 4.10. The van der Waals surface area contributed by atoms with Crippen LogP contribution >= 0.6 is 15.9 Å². The van der Waals surface area contributed by atoms with E-state index in [1.807, 2.05) is 0 Å². The molecule has 104 valence electrons. The predicted octanol–water partition coefficient (Wildman–Crippen LogP) is 5.34. The second-order valence-electron chi connectivity index (χ2n) is 3.60. The van der Waals surface area contributed by atoms with Gasteiger partial charge in [0.1, 0.15) is 22.6 Å². The standard InChI is InChI=1S/C10H9BrF6O/c1-3-5-6(9(12,13)14)7(10(15,16)17)8(18-5)4(2)11/h4H,3H2,1-2H3. The molecule has 18 heavy (non-hydrogen) atoms. The van der Waals surface area contributed by atoms with Crippen LogP contribution in [0.1, 0.15) is 41.3 Å². The van der Waals surface area contributed by atoms with E-state index in [1.165, 1.54) is 13.8 Å². The summed E-state index contributed by atoms with van der Waals surface area (Å²) in [5.74, 6) is -1.44. The van der Waals surface area contributed by atoms with Gasteiger partial charge < -0.3 is 4.42 Å². The van der Waals surface area contributed by atoms with E-state index in [2.05, 4.69) is 15.9 Å². The summed E-state index contributed by atoms with van der Waals surface area (Å²) in [6, 6.07) is 0. The van der Waals surface area contributed by atoms with E-state index in [-0.39, 0.29) is 6.42 Å². The van der Waals surface area contributed by atoms with Gasteiger partial charge in [0.05, 0.1) is 4.83 Å². The molecule has 0 aliphatic heterocycles. The van der Waals surface area contributed by atoms with Crippen LogP contribution in [0.3, 0.4) is 0 Å². The van der Waals surface area contributed by atoms with Crippen LogP contribution in [-0.2, 0) is 18.8 Å². The molecule has 0 spiro atoms. The quantitative estimate of drug-likeness (QED) is 0.524. The van der Waals surface area contributed by atoms with Crippen molar-refractivity contribution < 1.29 is 30.8 Å². The number of rotatable bonds is 2. The molecule has 0 radical (unpaired) electrons. The highest BCUT2D eigenvalue weighted by Gasteiger charge is 2.50. The zero-order valence-electron chi connectivity index (χ0n) is 9.34. The van der Waals surface area contributed by atoms with Crippen LogP contribution in [0.4, 0.5) is 26.3 Å². The van der Waals surface area contributed by atoms with Gasteiger partial charge in [0, 0.05) is 6.42 Å². The highest BCUT2D eigenvalue weighted by atomic mass is 79.9. The largest absolute Gasteiger partial charge is 0.464 e. The number of alkyl halides is 7. The Hall–Kier alpha value is -0.660. The van der Waals surface area contributed by atoms with Gasteiger partial charge in [0.25, 0.3) is 0 Å². The van der Waals surface area contributed by atoms with Crippen molar-refractivity contribution in [3.63, 3.8) is 0 Å². The van der Waals surface area contributed by atoms with Crippen LogP contribution in [0.15, 0.2) is 4.42 Å². The van der Waals surface area contributed by atoms with Gasteiger partial charge in [0.15, 0.2) is 0 Å². The van der Waals surface area contributed by atoms with Crippen LogP contribution in [0.5, 0.6) is 0 Å². The van der Waals surface area contributed by atoms with E-state index in [0.29, 0.717) is 0 Å². The van der Waals surface area contributed by atoms with E-state index in [4.69, 9.17) is 4.42 Å². The molecule has 1 atom stereocenters. The average molecular weight is 339 g/mol. The molecular formula is C10H9BrF6O. The van der Waals surface area contributed by atoms with Crippen LogP contribution < -0.4 is 0 Å². The molecule has 1 nitrogen and oxygen atoms in total. The molecule has 8 heteroatoms. The Bertz CT molecular complexity index is 429. The Morgan fingerprint density at radius 3 is 1.78 bits per heavy atom. The molecule has 0 N–H and O–H groups in total. The van der Waals surface area contributed by atoms with Crippen LogP contribution in [-0.4, -0.2) is 0 Å². The van der Waals surface area contributed by atoms with Crippen molar-refractivity contribution in [3.8, 4) is 0 Å². The summed E-state index contributed by atoms with van der Waals surface area (Å²) in [5, 5.41) is 0. The first-order chi connectivity index (χ1) is 8.00. The molecule has 0 fully saturated rings. The molecule has 0 saturated heterocycles. The maximum atomic E-state index is 12.8. The predicted molar refractivity (Wildman–Crippen MR) is 55.4 cm³/mol. The van der Waals surface area contributed by atoms with Crippen molar-refractivity contribution in [2.45, 2.75) is 37.4 Å². The molecular weight excluding hydrogens is 330 g/mol. The topological polar surface area (TPSA) is 13.1 Å². The van der Waals surface area contributed by atoms with Crippen molar-refractivity contribution in [2.75, 3.05) is 0 Å². The highest BCUT2D eigenvalue weighted by molar-refractivity contribution is 9.09. The lowest BCUT2D eigenvalue weighted by atomic mass is 10.1. The van der Waals surface area contributed by atoms with Crippen LogP contribution in [0, 0.1) is 0 Å². The van der Waals surface area contributed by atoms with Gasteiger partial charge in [-0.05, 0) is 6.92 Å². The molecule has 0 bridgehead atoms. The van der Waals surface area contributed by atoms with Gasteiger partial charge in [-0.2, -0.15) is 26.3 Å². The lowest BCUT2D eigenvalue weighted by Gasteiger charge is -2.13. The molecule has 1 aromatic rings. The SMILES string of the molecule is CCc1oc(C(C)Br)c(C(F)(F)F)c1C(F)(F)F. The lowest BCUT2D eigenvalue weighted by Crippen LogP contribution is -2.17. The summed E-state index contributed by atoms with van der Waals surface area (Å²) in [5.41, 5.74) is -3.46. The van der Waals surface area contributed by atoms with E-state index >= 15 is 0 Å². The zero-order chi connectivity index (χ0) is 14.3. The van der Waals surface area contributed by atoms with E-state index in [9.17, 15) is 26.3 Å². The highest BCUT2D eigenvalue weighted by Crippen LogP contribution is 2.48. The number of aryl methyl sites for hydroxylation is 1. The van der Waals surface area contributed by atoms with Crippen LogP contribution in [0.2, 0.25) is 0 Å². The third kappa shape index (κ3) is 2.84. The summed E-state index contributed by atoms with van der Waals surface area (Å²) in [4.78, 5) is -0.962. The molecule has 0 aliphatic carbocycles. The molecule has 0 aliphatic rings. The van der Waals surface area contributed by atoms with Crippen molar-refractivity contribution in [3.05, 3.63) is 22.6 Å². The van der Waals surface area contributed by atoms with Gasteiger partial charge in [-0.25, -0.2) is 0 Å². The second kappa shape index (κ2) is 4.79. The second-order valence-corrected chi connectivity index (χ2v) is 4.98. The van der Waals surface area contributed by atoms with E-state index < -0.39 is 39.8 Å². The first-order valence-electron chi connectivity index (χ1n) is 4.94. The molecule has 1 rings (SSSR count). The molecule has 1 aromatic heterocycles. The average Bonchev–Trinajstić information content (AvgIpc) is 2.55. The minimum Gasteiger partial charge on any atom is -0.464 e. The molecule has 0 saturated carbocycles. The maximum Gasteiger partial charge on any atom is 0.420 e. The van der Waals surface area contributed by atoms with Crippen LogP contribution in [0.25, 0.3) is 0 Å². The number of halogens is 7. The van der Waals surface area contributed by atoms with Gasteiger partial charge >= 0.3 is 12.4 Å². The summed E-state index contributed by atoms with van der Waals surface area (Å²) >= 11 is 2.81. The Balaban J connectivity index is 3.66. The van der Waals surface area contributed by atoms with E-state index in [1.54, 1.807) is 0 Å². The van der Waals surface area contributed by atoms with Gasteiger partial charge in [-0.3, -0.25) is 0 Å². The zero-order valence-corrected chi connectivity index (χ0v) is 10.9. The fraction of sp³-hybridized carbons (Fsp3) is 0.600. The monoisotopic (exact) mass is 338 g/mol. The van der Waals surface area contributed by atoms with Crippen molar-refractivity contribution in [1.82, 2.24) is 0 Å². The van der Waals surface area contributed by atoms with Gasteiger partial charge in [-0.15, -0.1) is 0 Å². The summed E-state index contributed by atoms with van der Waals surface area (Å²) in [6.07, 6.45) is -10.5. The molecule has 0 aromatic carbocycles. The smallest absolute Gasteiger partial charge is 0.420 e. The van der Waals surface area contributed by atoms with Crippen molar-refractivity contribution >= 4 is 15.9 Å². The Labute approximate surface area is 107 Å².